The Morgan fingerprint density at radius 2 is 2.09 bits per heavy atom. The summed E-state index contributed by atoms with van der Waals surface area (Å²) in [4.78, 5) is 24.4. The molecule has 0 unspecified atom stereocenters. The van der Waals surface area contributed by atoms with Crippen molar-refractivity contribution in [2.45, 2.75) is 25.8 Å². The van der Waals surface area contributed by atoms with Crippen LogP contribution in [0.15, 0.2) is 24.3 Å². The molecule has 1 aromatic rings. The van der Waals surface area contributed by atoms with E-state index in [-0.39, 0.29) is 18.5 Å². The number of methoxy groups -OCH3 is 1. The van der Waals surface area contributed by atoms with Crippen LogP contribution in [-0.2, 0) is 9.59 Å². The lowest BCUT2D eigenvalue weighted by Gasteiger charge is -2.18. The number of amides is 1. The second-order valence-corrected chi connectivity index (χ2v) is 5.27. The van der Waals surface area contributed by atoms with Crippen molar-refractivity contribution in [1.29, 1.82) is 0 Å². The number of hydrogen-bond acceptors (Lipinski definition) is 4. The smallest absolute Gasteiger partial charge is 0.323 e. The Labute approximate surface area is 135 Å². The van der Waals surface area contributed by atoms with Gasteiger partial charge in [-0.3, -0.25) is 9.59 Å². The van der Waals surface area contributed by atoms with E-state index in [1.165, 1.54) is 11.0 Å². The van der Waals surface area contributed by atoms with Gasteiger partial charge in [0.25, 0.3) is 0 Å². The SMILES string of the molecule is CCOc1ccc(/C=C/C(=O)N(CC(=O)O)C2CC2)cc1OC. The third-order valence-electron chi connectivity index (χ3n) is 3.48. The van der Waals surface area contributed by atoms with Crippen LogP contribution in [0.3, 0.4) is 0 Å². The zero-order chi connectivity index (χ0) is 16.8. The summed E-state index contributed by atoms with van der Waals surface area (Å²) >= 11 is 0. The van der Waals surface area contributed by atoms with Gasteiger partial charge >= 0.3 is 5.97 Å². The minimum Gasteiger partial charge on any atom is -0.493 e. The largest absolute Gasteiger partial charge is 0.493 e. The van der Waals surface area contributed by atoms with E-state index in [1.807, 2.05) is 13.0 Å². The lowest BCUT2D eigenvalue weighted by molar-refractivity contribution is -0.143. The number of hydrogen-bond donors (Lipinski definition) is 1. The molecule has 23 heavy (non-hydrogen) atoms. The normalized spacial score (nSPS) is 13.8. The molecule has 1 saturated carbocycles. The number of carbonyl (C=O) groups is 2. The molecule has 2 rings (SSSR count). The van der Waals surface area contributed by atoms with Crippen LogP contribution in [0.1, 0.15) is 25.3 Å². The van der Waals surface area contributed by atoms with E-state index in [9.17, 15) is 9.59 Å². The highest BCUT2D eigenvalue weighted by molar-refractivity contribution is 5.94. The molecule has 0 bridgehead atoms. The van der Waals surface area contributed by atoms with E-state index < -0.39 is 5.97 Å². The van der Waals surface area contributed by atoms with Gasteiger partial charge in [-0.2, -0.15) is 0 Å². The van der Waals surface area contributed by atoms with Gasteiger partial charge in [0.15, 0.2) is 11.5 Å². The Bertz CT molecular complexity index is 607. The third kappa shape index (κ3) is 4.74. The molecule has 6 heteroatoms. The van der Waals surface area contributed by atoms with Crippen LogP contribution < -0.4 is 9.47 Å². The van der Waals surface area contributed by atoms with Gasteiger partial charge in [-0.15, -0.1) is 0 Å². The predicted molar refractivity (Wildman–Crippen MR) is 85.6 cm³/mol. The van der Waals surface area contributed by atoms with Crippen molar-refractivity contribution < 1.29 is 24.2 Å². The third-order valence-corrected chi connectivity index (χ3v) is 3.48. The minimum absolute atomic E-state index is 0.0538. The molecule has 0 aromatic heterocycles. The zero-order valence-electron chi connectivity index (χ0n) is 13.3. The van der Waals surface area contributed by atoms with Crippen LogP contribution in [0, 0.1) is 0 Å². The first-order valence-corrected chi connectivity index (χ1v) is 7.56. The van der Waals surface area contributed by atoms with Crippen molar-refractivity contribution in [3.8, 4) is 11.5 Å². The number of nitrogens with zero attached hydrogens (tertiary/aromatic N) is 1. The van der Waals surface area contributed by atoms with Gasteiger partial charge in [0.05, 0.1) is 13.7 Å². The Balaban J connectivity index is 2.09. The standard InChI is InChI=1S/C17H21NO5/c1-3-23-14-8-4-12(10-15(14)22-2)5-9-16(19)18(11-17(20)21)13-6-7-13/h4-5,8-10,13H,3,6-7,11H2,1-2H3,(H,20,21)/b9-5+. The van der Waals surface area contributed by atoms with E-state index in [0.717, 1.165) is 18.4 Å². The molecular formula is C17H21NO5. The molecule has 1 aliphatic carbocycles. The van der Waals surface area contributed by atoms with E-state index in [0.29, 0.717) is 18.1 Å². The summed E-state index contributed by atoms with van der Waals surface area (Å²) in [6.45, 7) is 2.16. The fourth-order valence-electron chi connectivity index (χ4n) is 2.24. The topological polar surface area (TPSA) is 76.1 Å². The molecule has 1 fully saturated rings. The van der Waals surface area contributed by atoms with Crippen molar-refractivity contribution in [2.24, 2.45) is 0 Å². The maximum Gasteiger partial charge on any atom is 0.323 e. The molecule has 6 nitrogen and oxygen atoms in total. The Morgan fingerprint density at radius 1 is 1.35 bits per heavy atom. The predicted octanol–water partition coefficient (Wildman–Crippen LogP) is 2.18. The van der Waals surface area contributed by atoms with Gasteiger partial charge < -0.3 is 19.5 Å². The second-order valence-electron chi connectivity index (χ2n) is 5.27. The van der Waals surface area contributed by atoms with Crippen molar-refractivity contribution >= 4 is 18.0 Å². The first-order valence-electron chi connectivity index (χ1n) is 7.56. The Morgan fingerprint density at radius 3 is 2.65 bits per heavy atom. The molecule has 0 saturated heterocycles. The number of carboxylic acid groups (broad SMARTS) is 1. The molecule has 0 atom stereocenters. The molecule has 1 amide bonds. The summed E-state index contributed by atoms with van der Waals surface area (Å²) in [6.07, 6.45) is 4.78. The van der Waals surface area contributed by atoms with E-state index >= 15 is 0 Å². The van der Waals surface area contributed by atoms with Crippen LogP contribution >= 0.6 is 0 Å². The van der Waals surface area contributed by atoms with Gasteiger partial charge in [0, 0.05) is 12.1 Å². The second kappa shape index (κ2) is 7.67. The number of carbonyl (C=O) groups excluding carboxylic acids is 1. The van der Waals surface area contributed by atoms with Crippen LogP contribution in [0.4, 0.5) is 0 Å². The molecular weight excluding hydrogens is 298 g/mol. The molecule has 124 valence electrons. The zero-order valence-corrected chi connectivity index (χ0v) is 13.3. The van der Waals surface area contributed by atoms with Crippen LogP contribution in [-0.4, -0.2) is 48.2 Å². The van der Waals surface area contributed by atoms with Crippen molar-refractivity contribution in [3.05, 3.63) is 29.8 Å². The minimum atomic E-state index is -0.999. The number of ether oxygens (including phenoxy) is 2. The fourth-order valence-corrected chi connectivity index (χ4v) is 2.24. The highest BCUT2D eigenvalue weighted by atomic mass is 16.5. The highest BCUT2D eigenvalue weighted by Crippen LogP contribution is 2.29. The lowest BCUT2D eigenvalue weighted by atomic mass is 10.2. The monoisotopic (exact) mass is 319 g/mol. The summed E-state index contributed by atoms with van der Waals surface area (Å²) in [5, 5.41) is 8.90. The number of benzene rings is 1. The van der Waals surface area contributed by atoms with Crippen LogP contribution in [0.2, 0.25) is 0 Å². The number of carboxylic acids is 1. The van der Waals surface area contributed by atoms with E-state index in [2.05, 4.69) is 0 Å². The van der Waals surface area contributed by atoms with Crippen molar-refractivity contribution in [1.82, 2.24) is 4.90 Å². The van der Waals surface area contributed by atoms with Gasteiger partial charge in [0.1, 0.15) is 6.54 Å². The van der Waals surface area contributed by atoms with Gasteiger partial charge in [0.2, 0.25) is 5.91 Å². The molecule has 0 radical (unpaired) electrons. The first kappa shape index (κ1) is 16.9. The number of rotatable bonds is 8. The number of aliphatic carboxylic acids is 1. The van der Waals surface area contributed by atoms with Gasteiger partial charge in [-0.05, 0) is 43.5 Å². The quantitative estimate of drug-likeness (QED) is 0.743. The summed E-state index contributed by atoms with van der Waals surface area (Å²) in [7, 11) is 1.55. The van der Waals surface area contributed by atoms with Gasteiger partial charge in [-0.1, -0.05) is 6.07 Å². The van der Waals surface area contributed by atoms with E-state index in [4.69, 9.17) is 14.6 Å². The molecule has 1 N–H and O–H groups in total. The molecule has 1 aromatic carbocycles. The Hall–Kier alpha value is -2.50. The molecule has 0 heterocycles. The highest BCUT2D eigenvalue weighted by Gasteiger charge is 2.32. The summed E-state index contributed by atoms with van der Waals surface area (Å²) in [5.74, 6) is -0.0564. The average Bonchev–Trinajstić information content (AvgIpc) is 3.36. The Kier molecular flexibility index (Phi) is 5.62. The van der Waals surface area contributed by atoms with Crippen molar-refractivity contribution in [3.63, 3.8) is 0 Å². The summed E-state index contributed by atoms with van der Waals surface area (Å²) < 4.78 is 10.7. The molecule has 0 spiro atoms. The fraction of sp³-hybridized carbons (Fsp3) is 0.412. The maximum atomic E-state index is 12.2. The summed E-state index contributed by atoms with van der Waals surface area (Å²) in [5.41, 5.74) is 0.782. The average molecular weight is 319 g/mol. The van der Waals surface area contributed by atoms with Crippen LogP contribution in [0.25, 0.3) is 6.08 Å². The van der Waals surface area contributed by atoms with Crippen molar-refractivity contribution in [2.75, 3.05) is 20.3 Å². The van der Waals surface area contributed by atoms with Crippen LogP contribution in [0.5, 0.6) is 11.5 Å². The summed E-state index contributed by atoms with van der Waals surface area (Å²) in [6, 6.07) is 5.42. The van der Waals surface area contributed by atoms with E-state index in [1.54, 1.807) is 25.3 Å². The maximum absolute atomic E-state index is 12.2. The van der Waals surface area contributed by atoms with Gasteiger partial charge in [-0.25, -0.2) is 0 Å². The first-order chi connectivity index (χ1) is 11.0. The lowest BCUT2D eigenvalue weighted by Crippen LogP contribution is -2.36. The molecule has 1 aliphatic rings. The molecule has 0 aliphatic heterocycles.